The van der Waals surface area contributed by atoms with Gasteiger partial charge in [0.1, 0.15) is 24.3 Å². The molecule has 1 aromatic heterocycles. The van der Waals surface area contributed by atoms with Crippen molar-refractivity contribution in [2.45, 2.75) is 25.2 Å². The normalized spacial score (nSPS) is 13.1. The summed E-state index contributed by atoms with van der Waals surface area (Å²) in [5, 5.41) is 22.5. The van der Waals surface area contributed by atoms with Gasteiger partial charge in [-0.05, 0) is 18.1 Å². The van der Waals surface area contributed by atoms with Crippen LogP contribution in [0.25, 0.3) is 0 Å². The summed E-state index contributed by atoms with van der Waals surface area (Å²) in [7, 11) is 0. The Bertz CT molecular complexity index is 700. The lowest BCUT2D eigenvalue weighted by Gasteiger charge is -2.19. The van der Waals surface area contributed by atoms with Crippen LogP contribution in [0.4, 0.5) is 15.0 Å². The van der Waals surface area contributed by atoms with Crippen LogP contribution in [0.1, 0.15) is 23.7 Å². The Morgan fingerprint density at radius 3 is 2.76 bits per heavy atom. The van der Waals surface area contributed by atoms with Gasteiger partial charge in [0.05, 0.1) is 12.3 Å². The molecule has 1 amide bonds. The minimum atomic E-state index is -1.41. The number of nitrogens with zero attached hydrogens (tertiary/aromatic N) is 1. The Kier molecular flexibility index (Phi) is 6.67. The lowest BCUT2D eigenvalue weighted by atomic mass is 10.0. The number of pyridine rings is 1. The van der Waals surface area contributed by atoms with Crippen molar-refractivity contribution in [2.24, 2.45) is 0 Å². The Morgan fingerprint density at radius 2 is 2.04 bits per heavy atom. The van der Waals surface area contributed by atoms with Gasteiger partial charge in [-0.2, -0.15) is 0 Å². The van der Waals surface area contributed by atoms with E-state index in [1.165, 1.54) is 0 Å². The first-order chi connectivity index (χ1) is 12.0. The van der Waals surface area contributed by atoms with Crippen LogP contribution < -0.4 is 11.1 Å². The standard InChI is InChI=1S/C17H20FN3O4/c18-12-8-13(16(19)21-9-12)15(23)14(22)6-7-20-17(24)25-10-11-4-2-1-3-5-11/h1-5,8-9,14-15,22-23H,6-7,10H2,(H2,19,21)(H,20,24). The molecule has 0 bridgehead atoms. The van der Waals surface area contributed by atoms with Gasteiger partial charge in [0.25, 0.3) is 0 Å². The average Bonchev–Trinajstić information content (AvgIpc) is 2.62. The predicted octanol–water partition coefficient (Wildman–Crippen LogP) is 1.51. The Labute approximate surface area is 144 Å². The third kappa shape index (κ3) is 5.70. The van der Waals surface area contributed by atoms with Crippen LogP contribution in [0.15, 0.2) is 42.6 Å². The number of alkyl carbamates (subject to hydrolysis) is 1. The second-order valence-corrected chi connectivity index (χ2v) is 5.42. The molecule has 1 heterocycles. The van der Waals surface area contributed by atoms with E-state index in [1.54, 1.807) is 0 Å². The summed E-state index contributed by atoms with van der Waals surface area (Å²) >= 11 is 0. The Morgan fingerprint density at radius 1 is 1.32 bits per heavy atom. The summed E-state index contributed by atoms with van der Waals surface area (Å²) in [6, 6.07) is 10.2. The highest BCUT2D eigenvalue weighted by molar-refractivity contribution is 5.67. The molecule has 2 aromatic rings. The number of hydrogen-bond donors (Lipinski definition) is 4. The number of anilines is 1. The molecule has 2 atom stereocenters. The third-order valence-electron chi connectivity index (χ3n) is 3.52. The van der Waals surface area contributed by atoms with E-state index in [9.17, 15) is 19.4 Å². The molecule has 0 saturated heterocycles. The molecule has 0 spiro atoms. The number of carbonyl (C=O) groups is 1. The highest BCUT2D eigenvalue weighted by Crippen LogP contribution is 2.23. The SMILES string of the molecule is Nc1ncc(F)cc1C(O)C(O)CCNC(=O)OCc1ccccc1. The smallest absolute Gasteiger partial charge is 0.407 e. The van der Waals surface area contributed by atoms with E-state index >= 15 is 0 Å². The number of hydrogen-bond acceptors (Lipinski definition) is 6. The fourth-order valence-corrected chi connectivity index (χ4v) is 2.16. The first kappa shape index (κ1) is 18.6. The summed E-state index contributed by atoms with van der Waals surface area (Å²) < 4.78 is 18.2. The molecule has 2 rings (SSSR count). The van der Waals surface area contributed by atoms with Gasteiger partial charge in [-0.25, -0.2) is 14.2 Å². The number of carbonyl (C=O) groups excluding carboxylic acids is 1. The highest BCUT2D eigenvalue weighted by Gasteiger charge is 2.22. The number of aliphatic hydroxyl groups is 2. The van der Waals surface area contributed by atoms with Gasteiger partial charge >= 0.3 is 6.09 Å². The van der Waals surface area contributed by atoms with Crippen LogP contribution in [0.5, 0.6) is 0 Å². The van der Waals surface area contributed by atoms with E-state index in [0.717, 1.165) is 17.8 Å². The number of amides is 1. The number of benzene rings is 1. The maximum absolute atomic E-state index is 13.2. The van der Waals surface area contributed by atoms with Crippen molar-refractivity contribution in [1.82, 2.24) is 10.3 Å². The summed E-state index contributed by atoms with van der Waals surface area (Å²) in [4.78, 5) is 15.2. The number of ether oxygens (including phenoxy) is 1. The molecule has 0 aliphatic carbocycles. The van der Waals surface area contributed by atoms with Crippen molar-refractivity contribution in [3.8, 4) is 0 Å². The predicted molar refractivity (Wildman–Crippen MR) is 88.8 cm³/mol. The van der Waals surface area contributed by atoms with Crippen molar-refractivity contribution >= 4 is 11.9 Å². The first-order valence-corrected chi connectivity index (χ1v) is 7.69. The number of halogens is 1. The lowest BCUT2D eigenvalue weighted by molar-refractivity contribution is 0.0137. The molecule has 5 N–H and O–H groups in total. The van der Waals surface area contributed by atoms with Gasteiger partial charge in [-0.1, -0.05) is 30.3 Å². The van der Waals surface area contributed by atoms with Gasteiger partial charge in [-0.3, -0.25) is 0 Å². The molecule has 0 saturated carbocycles. The molecule has 8 heteroatoms. The molecule has 1 aromatic carbocycles. The van der Waals surface area contributed by atoms with Crippen molar-refractivity contribution in [3.63, 3.8) is 0 Å². The second-order valence-electron chi connectivity index (χ2n) is 5.42. The fourth-order valence-electron chi connectivity index (χ4n) is 2.16. The maximum atomic E-state index is 13.2. The van der Waals surface area contributed by atoms with Crippen LogP contribution in [-0.4, -0.2) is 33.9 Å². The lowest BCUT2D eigenvalue weighted by Crippen LogP contribution is -2.30. The topological polar surface area (TPSA) is 118 Å². The van der Waals surface area contributed by atoms with Gasteiger partial charge in [0, 0.05) is 12.1 Å². The third-order valence-corrected chi connectivity index (χ3v) is 3.52. The summed E-state index contributed by atoms with van der Waals surface area (Å²) in [5.74, 6) is -0.735. The minimum absolute atomic E-state index is 0.000783. The Hall–Kier alpha value is -2.71. The van der Waals surface area contributed by atoms with E-state index in [2.05, 4.69) is 10.3 Å². The second kappa shape index (κ2) is 8.95. The molecule has 0 aliphatic heterocycles. The Balaban J connectivity index is 1.75. The molecule has 25 heavy (non-hydrogen) atoms. The minimum Gasteiger partial charge on any atom is -0.445 e. The number of nitrogen functional groups attached to an aromatic ring is 1. The van der Waals surface area contributed by atoms with Crippen molar-refractivity contribution in [3.05, 3.63) is 59.5 Å². The van der Waals surface area contributed by atoms with Gasteiger partial charge < -0.3 is 26.0 Å². The van der Waals surface area contributed by atoms with Crippen LogP contribution in [-0.2, 0) is 11.3 Å². The van der Waals surface area contributed by atoms with Crippen LogP contribution in [0, 0.1) is 5.82 Å². The van der Waals surface area contributed by atoms with Crippen molar-refractivity contribution in [2.75, 3.05) is 12.3 Å². The quantitative estimate of drug-likeness (QED) is 0.602. The van der Waals surface area contributed by atoms with Gasteiger partial charge in [-0.15, -0.1) is 0 Å². The van der Waals surface area contributed by atoms with Crippen LogP contribution in [0.2, 0.25) is 0 Å². The number of rotatable bonds is 7. The largest absolute Gasteiger partial charge is 0.445 e. The maximum Gasteiger partial charge on any atom is 0.407 e. The molecule has 7 nitrogen and oxygen atoms in total. The van der Waals surface area contributed by atoms with E-state index in [-0.39, 0.29) is 31.0 Å². The average molecular weight is 349 g/mol. The summed E-state index contributed by atoms with van der Waals surface area (Å²) in [6.07, 6.45) is -2.36. The van der Waals surface area contributed by atoms with Gasteiger partial charge in [0.2, 0.25) is 0 Å². The number of aromatic nitrogens is 1. The number of nitrogens with one attached hydrogen (secondary N) is 1. The molecule has 0 fully saturated rings. The van der Waals surface area contributed by atoms with Gasteiger partial charge in [0.15, 0.2) is 0 Å². The summed E-state index contributed by atoms with van der Waals surface area (Å²) in [5.41, 5.74) is 6.41. The molecule has 0 aliphatic rings. The van der Waals surface area contributed by atoms with E-state index in [4.69, 9.17) is 10.5 Å². The zero-order chi connectivity index (χ0) is 18.2. The van der Waals surface area contributed by atoms with E-state index in [0.29, 0.717) is 0 Å². The molecule has 2 unspecified atom stereocenters. The zero-order valence-electron chi connectivity index (χ0n) is 13.4. The van der Waals surface area contributed by atoms with E-state index in [1.807, 2.05) is 30.3 Å². The fraction of sp³-hybridized carbons (Fsp3) is 0.294. The first-order valence-electron chi connectivity index (χ1n) is 7.69. The highest BCUT2D eigenvalue weighted by atomic mass is 19.1. The van der Waals surface area contributed by atoms with Crippen molar-refractivity contribution in [1.29, 1.82) is 0 Å². The number of aliphatic hydroxyl groups excluding tert-OH is 2. The van der Waals surface area contributed by atoms with Crippen molar-refractivity contribution < 1.29 is 24.1 Å². The van der Waals surface area contributed by atoms with Crippen LogP contribution in [0.3, 0.4) is 0 Å². The molecular formula is C17H20FN3O4. The monoisotopic (exact) mass is 349 g/mol. The van der Waals surface area contributed by atoms with E-state index < -0.39 is 24.1 Å². The van der Waals surface area contributed by atoms with Crippen LogP contribution >= 0.6 is 0 Å². The summed E-state index contributed by atoms with van der Waals surface area (Å²) in [6.45, 7) is 0.192. The molecule has 0 radical (unpaired) electrons. The number of nitrogens with two attached hydrogens (primary N) is 1. The molecular weight excluding hydrogens is 329 g/mol. The molecule has 134 valence electrons. The zero-order valence-corrected chi connectivity index (χ0v) is 13.4.